The molecule has 5 nitrogen and oxygen atoms in total. The van der Waals surface area contributed by atoms with Gasteiger partial charge < -0.3 is 14.3 Å². The van der Waals surface area contributed by atoms with Crippen LogP contribution in [0, 0.1) is 0 Å². The highest BCUT2D eigenvalue weighted by Gasteiger charge is 2.22. The molecule has 1 aliphatic heterocycles. The van der Waals surface area contributed by atoms with E-state index in [9.17, 15) is 9.59 Å². The van der Waals surface area contributed by atoms with Crippen LogP contribution < -0.4 is 10.3 Å². The molecule has 0 bridgehead atoms. The first-order valence-electron chi connectivity index (χ1n) is 7.17. The maximum atomic E-state index is 12.4. The summed E-state index contributed by atoms with van der Waals surface area (Å²) in [4.78, 5) is 26.9. The Morgan fingerprint density at radius 1 is 1.23 bits per heavy atom. The normalized spacial score (nSPS) is 12.8. The van der Waals surface area contributed by atoms with Crippen LogP contribution in [0.15, 0.2) is 41.2 Å². The molecule has 0 spiro atoms. The summed E-state index contributed by atoms with van der Waals surface area (Å²) in [5.41, 5.74) is 3.84. The maximum Gasteiger partial charge on any atom is 0.308 e. The number of nitrogens with one attached hydrogen (secondary N) is 1. The number of aryl methyl sites for hydroxylation is 1. The van der Waals surface area contributed by atoms with Crippen molar-refractivity contribution in [2.45, 2.75) is 19.9 Å². The van der Waals surface area contributed by atoms with Crippen LogP contribution in [0.4, 0.5) is 0 Å². The molecule has 0 fully saturated rings. The van der Waals surface area contributed by atoms with Gasteiger partial charge in [0, 0.05) is 24.4 Å². The Morgan fingerprint density at radius 2 is 2.05 bits per heavy atom. The van der Waals surface area contributed by atoms with Crippen molar-refractivity contribution in [3.8, 4) is 17.1 Å². The zero-order valence-corrected chi connectivity index (χ0v) is 12.1. The fourth-order valence-corrected chi connectivity index (χ4v) is 3.13. The molecular weight excluding hydrogens is 280 g/mol. The third-order valence-corrected chi connectivity index (χ3v) is 4.05. The molecule has 1 aliphatic rings. The van der Waals surface area contributed by atoms with E-state index in [0.29, 0.717) is 6.54 Å². The van der Waals surface area contributed by atoms with Crippen molar-refractivity contribution < 1.29 is 9.53 Å². The zero-order chi connectivity index (χ0) is 15.3. The topological polar surface area (TPSA) is 64.1 Å². The summed E-state index contributed by atoms with van der Waals surface area (Å²) in [7, 11) is 0. The first kappa shape index (κ1) is 12.9. The van der Waals surface area contributed by atoms with Crippen LogP contribution in [0.3, 0.4) is 0 Å². The van der Waals surface area contributed by atoms with Crippen molar-refractivity contribution in [3.05, 3.63) is 52.3 Å². The number of aromatic nitrogens is 2. The van der Waals surface area contributed by atoms with E-state index >= 15 is 0 Å². The lowest BCUT2D eigenvalue weighted by atomic mass is 10.0. The monoisotopic (exact) mass is 294 g/mol. The number of carbonyl (C=O) groups is 1. The first-order valence-corrected chi connectivity index (χ1v) is 7.17. The van der Waals surface area contributed by atoms with Gasteiger partial charge in [0.25, 0.3) is 5.56 Å². The van der Waals surface area contributed by atoms with Gasteiger partial charge in [0.2, 0.25) is 0 Å². The van der Waals surface area contributed by atoms with Crippen LogP contribution in [0.25, 0.3) is 22.3 Å². The van der Waals surface area contributed by atoms with Gasteiger partial charge in [0.1, 0.15) is 0 Å². The second-order valence-electron chi connectivity index (χ2n) is 5.41. The summed E-state index contributed by atoms with van der Waals surface area (Å²) in [6.07, 6.45) is 0.774. The number of ether oxygens (including phenoxy) is 1. The van der Waals surface area contributed by atoms with Crippen molar-refractivity contribution >= 4 is 16.9 Å². The summed E-state index contributed by atoms with van der Waals surface area (Å²) < 4.78 is 6.64. The molecule has 110 valence electrons. The number of rotatable bonds is 1. The van der Waals surface area contributed by atoms with Crippen molar-refractivity contribution in [2.24, 2.45) is 0 Å². The number of pyridine rings is 1. The summed E-state index contributed by atoms with van der Waals surface area (Å²) in [5, 5.41) is 1.19. The quantitative estimate of drug-likeness (QED) is 0.701. The van der Waals surface area contributed by atoms with Gasteiger partial charge in [-0.2, -0.15) is 0 Å². The minimum Gasteiger partial charge on any atom is -0.421 e. The lowest BCUT2D eigenvalue weighted by Crippen LogP contribution is -2.27. The van der Waals surface area contributed by atoms with Gasteiger partial charge >= 0.3 is 5.97 Å². The molecule has 4 rings (SSSR count). The Morgan fingerprint density at radius 3 is 2.86 bits per heavy atom. The number of fused-ring (bicyclic) bond motifs is 5. The number of carbonyl (C=O) groups excluding carboxylic acids is 1. The van der Waals surface area contributed by atoms with E-state index < -0.39 is 5.97 Å². The van der Waals surface area contributed by atoms with Crippen LogP contribution in [-0.2, 0) is 17.8 Å². The largest absolute Gasteiger partial charge is 0.421 e. The highest BCUT2D eigenvalue weighted by molar-refractivity contribution is 5.90. The standard InChI is InChI=1S/C17H14N2O3/c1-10(20)22-15-7-6-14-16-12(8-9-19(14)17(15)21)11-4-2-3-5-13(11)18-16/h2-7,18H,8-9H2,1H3. The Kier molecular flexibility index (Phi) is 2.69. The number of benzene rings is 1. The molecule has 0 radical (unpaired) electrons. The highest BCUT2D eigenvalue weighted by Crippen LogP contribution is 2.34. The number of H-pyrrole nitrogens is 1. The molecule has 22 heavy (non-hydrogen) atoms. The van der Waals surface area contributed by atoms with E-state index in [1.54, 1.807) is 10.6 Å². The Bertz CT molecular complexity index is 966. The van der Waals surface area contributed by atoms with E-state index in [-0.39, 0.29) is 11.3 Å². The average Bonchev–Trinajstić information content (AvgIpc) is 2.88. The molecule has 0 saturated carbocycles. The molecule has 0 saturated heterocycles. The van der Waals surface area contributed by atoms with Gasteiger partial charge in [-0.05, 0) is 30.2 Å². The molecule has 0 unspecified atom stereocenters. The molecule has 0 aliphatic carbocycles. The van der Waals surface area contributed by atoms with Crippen LogP contribution in [0.5, 0.6) is 5.75 Å². The van der Waals surface area contributed by atoms with Gasteiger partial charge in [-0.3, -0.25) is 9.59 Å². The van der Waals surface area contributed by atoms with Gasteiger partial charge in [-0.25, -0.2) is 0 Å². The number of hydrogen-bond donors (Lipinski definition) is 1. The number of para-hydroxylation sites is 1. The van der Waals surface area contributed by atoms with E-state index in [1.165, 1.54) is 17.9 Å². The fourth-order valence-electron chi connectivity index (χ4n) is 3.13. The number of hydrogen-bond acceptors (Lipinski definition) is 3. The average molecular weight is 294 g/mol. The lowest BCUT2D eigenvalue weighted by molar-refractivity contribution is -0.132. The number of esters is 1. The van der Waals surface area contributed by atoms with Gasteiger partial charge in [-0.15, -0.1) is 0 Å². The van der Waals surface area contributed by atoms with E-state index in [0.717, 1.165) is 23.3 Å². The maximum absolute atomic E-state index is 12.4. The second kappa shape index (κ2) is 4.59. The van der Waals surface area contributed by atoms with Crippen LogP contribution >= 0.6 is 0 Å². The Hall–Kier alpha value is -2.82. The van der Waals surface area contributed by atoms with Crippen LogP contribution in [-0.4, -0.2) is 15.5 Å². The van der Waals surface area contributed by atoms with Crippen molar-refractivity contribution in [1.82, 2.24) is 9.55 Å². The lowest BCUT2D eigenvalue weighted by Gasteiger charge is -2.19. The molecule has 2 aromatic heterocycles. The molecule has 0 amide bonds. The zero-order valence-electron chi connectivity index (χ0n) is 12.1. The highest BCUT2D eigenvalue weighted by atomic mass is 16.5. The minimum absolute atomic E-state index is 0.0795. The van der Waals surface area contributed by atoms with Crippen LogP contribution in [0.1, 0.15) is 12.5 Å². The second-order valence-corrected chi connectivity index (χ2v) is 5.41. The fraction of sp³-hybridized carbons (Fsp3) is 0.176. The number of aromatic amines is 1. The van der Waals surface area contributed by atoms with E-state index in [1.807, 2.05) is 24.3 Å². The molecule has 3 aromatic rings. The Labute approximate surface area is 126 Å². The predicted octanol–water partition coefficient (Wildman–Crippen LogP) is 2.48. The summed E-state index contributed by atoms with van der Waals surface area (Å²) in [5.74, 6) is -0.407. The van der Waals surface area contributed by atoms with Crippen molar-refractivity contribution in [3.63, 3.8) is 0 Å². The van der Waals surface area contributed by atoms with Crippen molar-refractivity contribution in [2.75, 3.05) is 0 Å². The van der Waals surface area contributed by atoms with E-state index in [4.69, 9.17) is 4.74 Å². The van der Waals surface area contributed by atoms with Gasteiger partial charge in [-0.1, -0.05) is 18.2 Å². The van der Waals surface area contributed by atoms with Gasteiger partial charge in [0.15, 0.2) is 5.75 Å². The third kappa shape index (κ3) is 1.79. The molecule has 1 N–H and O–H groups in total. The summed E-state index contributed by atoms with van der Waals surface area (Å²) in [6.45, 7) is 1.87. The summed E-state index contributed by atoms with van der Waals surface area (Å²) >= 11 is 0. The third-order valence-electron chi connectivity index (χ3n) is 4.05. The van der Waals surface area contributed by atoms with Crippen LogP contribution in [0.2, 0.25) is 0 Å². The van der Waals surface area contributed by atoms with Gasteiger partial charge in [0.05, 0.1) is 11.4 Å². The SMILES string of the molecule is CC(=O)Oc1ccc2n(c1=O)CCc1c-2[nH]c2ccccc12. The van der Waals surface area contributed by atoms with E-state index in [2.05, 4.69) is 11.1 Å². The predicted molar refractivity (Wildman–Crippen MR) is 83.0 cm³/mol. The number of nitrogens with zero attached hydrogens (tertiary/aromatic N) is 1. The summed E-state index contributed by atoms with van der Waals surface area (Å²) in [6, 6.07) is 11.5. The Balaban J connectivity index is 1.94. The first-order chi connectivity index (χ1) is 10.6. The molecule has 1 aromatic carbocycles. The molecule has 5 heteroatoms. The molecule has 0 atom stereocenters. The molecular formula is C17H14N2O3. The smallest absolute Gasteiger partial charge is 0.308 e. The molecule has 3 heterocycles. The van der Waals surface area contributed by atoms with Crippen molar-refractivity contribution in [1.29, 1.82) is 0 Å². The minimum atomic E-state index is -0.486.